The molecular formula is C8H14N4O2. The summed E-state index contributed by atoms with van der Waals surface area (Å²) in [6.45, 7) is 4.05. The number of rotatable bonds is 5. The van der Waals surface area contributed by atoms with Gasteiger partial charge in [0.15, 0.2) is 0 Å². The zero-order valence-electron chi connectivity index (χ0n) is 8.34. The molecule has 0 unspecified atom stereocenters. The third-order valence-electron chi connectivity index (χ3n) is 2.66. The summed E-state index contributed by atoms with van der Waals surface area (Å²) in [6.07, 6.45) is 2.57. The van der Waals surface area contributed by atoms with Crippen LogP contribution in [0.3, 0.4) is 0 Å². The van der Waals surface area contributed by atoms with Gasteiger partial charge in [0.2, 0.25) is 0 Å². The second kappa shape index (κ2) is 4.17. The lowest BCUT2D eigenvalue weighted by atomic mass is 9.82. The predicted molar refractivity (Wildman–Crippen MR) is 48.5 cm³/mol. The lowest BCUT2D eigenvalue weighted by Gasteiger charge is -2.25. The quantitative estimate of drug-likeness (QED) is 0.747. The fourth-order valence-electron chi connectivity index (χ4n) is 1.41. The highest BCUT2D eigenvalue weighted by Gasteiger charge is 2.35. The minimum atomic E-state index is -0.794. The van der Waals surface area contributed by atoms with Crippen LogP contribution >= 0.6 is 0 Å². The van der Waals surface area contributed by atoms with Crippen LogP contribution in [0.1, 0.15) is 26.7 Å². The van der Waals surface area contributed by atoms with Crippen molar-refractivity contribution in [2.24, 2.45) is 5.41 Å². The molecular weight excluding hydrogens is 184 g/mol. The number of tetrazole rings is 1. The van der Waals surface area contributed by atoms with Crippen molar-refractivity contribution in [2.45, 2.75) is 33.2 Å². The maximum absolute atomic E-state index is 11.1. The van der Waals surface area contributed by atoms with Crippen molar-refractivity contribution in [3.63, 3.8) is 0 Å². The van der Waals surface area contributed by atoms with E-state index >= 15 is 0 Å². The Hall–Kier alpha value is -1.46. The van der Waals surface area contributed by atoms with Crippen LogP contribution in [0.4, 0.5) is 0 Å². The van der Waals surface area contributed by atoms with Crippen LogP contribution in [0, 0.1) is 5.41 Å². The van der Waals surface area contributed by atoms with E-state index in [1.54, 1.807) is 0 Å². The normalized spacial score (nSPS) is 11.6. The minimum Gasteiger partial charge on any atom is -0.481 e. The first-order valence-electron chi connectivity index (χ1n) is 4.59. The van der Waals surface area contributed by atoms with Gasteiger partial charge in [0, 0.05) is 0 Å². The highest BCUT2D eigenvalue weighted by atomic mass is 16.4. The van der Waals surface area contributed by atoms with Crippen molar-refractivity contribution >= 4 is 5.97 Å². The van der Waals surface area contributed by atoms with Crippen molar-refractivity contribution in [3.05, 3.63) is 6.33 Å². The van der Waals surface area contributed by atoms with Crippen LogP contribution in [0.2, 0.25) is 0 Å². The lowest BCUT2D eigenvalue weighted by molar-refractivity contribution is -0.150. The maximum Gasteiger partial charge on any atom is 0.311 e. The molecule has 0 radical (unpaired) electrons. The molecule has 1 rings (SSSR count). The van der Waals surface area contributed by atoms with Crippen LogP contribution in [0.15, 0.2) is 6.33 Å². The van der Waals surface area contributed by atoms with Crippen LogP contribution < -0.4 is 0 Å². The molecule has 0 saturated heterocycles. The Morgan fingerprint density at radius 1 is 1.50 bits per heavy atom. The summed E-state index contributed by atoms with van der Waals surface area (Å²) in [6, 6.07) is 0. The minimum absolute atomic E-state index is 0.322. The molecule has 0 aliphatic heterocycles. The second-order valence-electron chi connectivity index (χ2n) is 3.30. The van der Waals surface area contributed by atoms with E-state index in [9.17, 15) is 4.79 Å². The zero-order valence-corrected chi connectivity index (χ0v) is 8.34. The monoisotopic (exact) mass is 198 g/mol. The number of carboxylic acids is 1. The Morgan fingerprint density at radius 2 is 2.14 bits per heavy atom. The van der Waals surface area contributed by atoms with E-state index in [1.807, 2.05) is 13.8 Å². The Labute approximate surface area is 81.9 Å². The molecule has 6 nitrogen and oxygen atoms in total. The topological polar surface area (TPSA) is 80.9 Å². The van der Waals surface area contributed by atoms with Crippen LogP contribution in [0.5, 0.6) is 0 Å². The molecule has 0 saturated carbocycles. The van der Waals surface area contributed by atoms with Crippen LogP contribution in [-0.4, -0.2) is 31.3 Å². The van der Waals surface area contributed by atoms with Gasteiger partial charge >= 0.3 is 5.97 Å². The first kappa shape index (κ1) is 10.6. The van der Waals surface area contributed by atoms with E-state index in [-0.39, 0.29) is 0 Å². The van der Waals surface area contributed by atoms with Crippen molar-refractivity contribution in [3.8, 4) is 0 Å². The maximum atomic E-state index is 11.1. The van der Waals surface area contributed by atoms with Gasteiger partial charge in [-0.25, -0.2) is 4.68 Å². The molecule has 0 aliphatic carbocycles. The Morgan fingerprint density at radius 3 is 2.50 bits per heavy atom. The van der Waals surface area contributed by atoms with E-state index < -0.39 is 11.4 Å². The van der Waals surface area contributed by atoms with E-state index in [0.717, 1.165) is 0 Å². The fourth-order valence-corrected chi connectivity index (χ4v) is 1.41. The van der Waals surface area contributed by atoms with Gasteiger partial charge in [-0.05, 0) is 23.3 Å². The summed E-state index contributed by atoms with van der Waals surface area (Å²) in [5, 5.41) is 19.8. The first-order chi connectivity index (χ1) is 6.64. The zero-order chi connectivity index (χ0) is 10.6. The van der Waals surface area contributed by atoms with E-state index in [2.05, 4.69) is 15.5 Å². The molecule has 0 fully saturated rings. The molecule has 0 atom stereocenters. The average Bonchev–Trinajstić information content (AvgIpc) is 2.66. The van der Waals surface area contributed by atoms with Crippen molar-refractivity contribution in [1.82, 2.24) is 20.2 Å². The number of hydrogen-bond acceptors (Lipinski definition) is 4. The molecule has 6 heteroatoms. The van der Waals surface area contributed by atoms with E-state index in [0.29, 0.717) is 19.4 Å². The van der Waals surface area contributed by atoms with E-state index in [4.69, 9.17) is 5.11 Å². The summed E-state index contributed by atoms with van der Waals surface area (Å²) in [5.74, 6) is -0.794. The summed E-state index contributed by atoms with van der Waals surface area (Å²) in [5.41, 5.74) is -0.755. The van der Waals surface area contributed by atoms with E-state index in [1.165, 1.54) is 11.0 Å². The standard InChI is InChI=1S/C8H14N4O2/c1-3-8(4-2,7(13)14)5-12-6-9-10-11-12/h6H,3-5H2,1-2H3,(H,13,14). The molecule has 14 heavy (non-hydrogen) atoms. The number of nitrogens with zero attached hydrogens (tertiary/aromatic N) is 4. The third-order valence-corrected chi connectivity index (χ3v) is 2.66. The third kappa shape index (κ3) is 1.89. The molecule has 0 spiro atoms. The number of aliphatic carboxylic acids is 1. The molecule has 1 aromatic rings. The largest absolute Gasteiger partial charge is 0.481 e. The van der Waals surface area contributed by atoms with Crippen molar-refractivity contribution < 1.29 is 9.90 Å². The smallest absolute Gasteiger partial charge is 0.311 e. The summed E-state index contributed by atoms with van der Waals surface area (Å²) < 4.78 is 1.46. The molecule has 0 bridgehead atoms. The second-order valence-corrected chi connectivity index (χ2v) is 3.30. The molecule has 1 aromatic heterocycles. The Kier molecular flexibility index (Phi) is 3.16. The van der Waals surface area contributed by atoms with Gasteiger partial charge in [-0.2, -0.15) is 0 Å². The molecule has 1 heterocycles. The summed E-state index contributed by atoms with van der Waals surface area (Å²) in [7, 11) is 0. The van der Waals surface area contributed by atoms with Gasteiger partial charge < -0.3 is 5.11 Å². The summed E-state index contributed by atoms with van der Waals surface area (Å²) in [4.78, 5) is 11.1. The van der Waals surface area contributed by atoms with Crippen molar-refractivity contribution in [2.75, 3.05) is 0 Å². The van der Waals surface area contributed by atoms with Gasteiger partial charge in [0.25, 0.3) is 0 Å². The van der Waals surface area contributed by atoms with Crippen molar-refractivity contribution in [1.29, 1.82) is 0 Å². The number of carbonyl (C=O) groups is 1. The van der Waals surface area contributed by atoms with Gasteiger partial charge in [-0.15, -0.1) is 5.10 Å². The Bertz CT molecular complexity index is 292. The number of carboxylic acid groups (broad SMARTS) is 1. The SMILES string of the molecule is CCC(CC)(Cn1cnnn1)C(=O)O. The Balaban J connectivity index is 2.83. The highest BCUT2D eigenvalue weighted by Crippen LogP contribution is 2.28. The number of aromatic nitrogens is 4. The van der Waals surface area contributed by atoms with Gasteiger partial charge in [-0.1, -0.05) is 13.8 Å². The van der Waals surface area contributed by atoms with Gasteiger partial charge in [0.1, 0.15) is 6.33 Å². The molecule has 0 aliphatic rings. The van der Waals surface area contributed by atoms with Gasteiger partial charge in [-0.3, -0.25) is 4.79 Å². The molecule has 0 amide bonds. The number of hydrogen-bond donors (Lipinski definition) is 1. The predicted octanol–water partition coefficient (Wildman–Crippen LogP) is 0.564. The molecule has 0 aromatic carbocycles. The summed E-state index contributed by atoms with van der Waals surface area (Å²) >= 11 is 0. The molecule has 78 valence electrons. The lowest BCUT2D eigenvalue weighted by Crippen LogP contribution is -2.34. The average molecular weight is 198 g/mol. The molecule has 1 N–H and O–H groups in total. The van der Waals surface area contributed by atoms with Crippen LogP contribution in [0.25, 0.3) is 0 Å². The van der Waals surface area contributed by atoms with Crippen LogP contribution in [-0.2, 0) is 11.3 Å². The highest BCUT2D eigenvalue weighted by molar-refractivity contribution is 5.74. The fraction of sp³-hybridized carbons (Fsp3) is 0.750. The first-order valence-corrected chi connectivity index (χ1v) is 4.59. The van der Waals surface area contributed by atoms with Gasteiger partial charge in [0.05, 0.1) is 12.0 Å².